The Labute approximate surface area is 163 Å². The van der Waals surface area contributed by atoms with Crippen LogP contribution in [0, 0.1) is 11.3 Å². The molecule has 4 nitrogen and oxygen atoms in total. The quantitative estimate of drug-likeness (QED) is 0.657. The van der Waals surface area contributed by atoms with Crippen LogP contribution in [-0.2, 0) is 12.2 Å². The zero-order valence-corrected chi connectivity index (χ0v) is 16.2. The molecule has 0 radical (unpaired) electrons. The van der Waals surface area contributed by atoms with E-state index in [1.807, 2.05) is 42.5 Å². The summed E-state index contributed by atoms with van der Waals surface area (Å²) in [6.07, 6.45) is 0.780. The first-order valence-electron chi connectivity index (χ1n) is 8.17. The molecule has 0 spiro atoms. The second kappa shape index (κ2) is 7.10. The maximum absolute atomic E-state index is 12.4. The van der Waals surface area contributed by atoms with Crippen LogP contribution in [0.15, 0.2) is 51.7 Å². The summed E-state index contributed by atoms with van der Waals surface area (Å²) < 4.78 is 0.708. The number of rotatable bonds is 2. The van der Waals surface area contributed by atoms with E-state index >= 15 is 0 Å². The number of H-pyrrole nitrogens is 1. The van der Waals surface area contributed by atoms with Crippen LogP contribution in [0.25, 0.3) is 22.5 Å². The Balaban J connectivity index is 1.89. The van der Waals surface area contributed by atoms with Gasteiger partial charge in [0.05, 0.1) is 11.3 Å². The van der Waals surface area contributed by atoms with E-state index in [2.05, 4.69) is 32.0 Å². The number of nitrogens with zero attached hydrogens (tertiary/aromatic N) is 2. The predicted molar refractivity (Wildman–Crippen MR) is 108 cm³/mol. The van der Waals surface area contributed by atoms with Gasteiger partial charge in [0.1, 0.15) is 11.9 Å². The molecular formula is C20H14BrN3OS. The highest BCUT2D eigenvalue weighted by atomic mass is 79.9. The van der Waals surface area contributed by atoms with E-state index in [1.165, 1.54) is 0 Å². The summed E-state index contributed by atoms with van der Waals surface area (Å²) in [5, 5.41) is 9.74. The molecule has 2 heterocycles. The molecule has 0 amide bonds. The molecule has 0 atom stereocenters. The number of aryl methyl sites for hydroxylation is 1. The Kier molecular flexibility index (Phi) is 4.66. The zero-order chi connectivity index (χ0) is 18.1. The molecule has 26 heavy (non-hydrogen) atoms. The molecule has 1 N–H and O–H groups in total. The minimum Gasteiger partial charge on any atom is -0.306 e. The predicted octanol–water partition coefficient (Wildman–Crippen LogP) is 4.53. The minimum atomic E-state index is -0.107. The summed E-state index contributed by atoms with van der Waals surface area (Å²) in [4.78, 5) is 19.9. The number of aromatic nitrogens is 2. The Hall–Kier alpha value is -2.36. The van der Waals surface area contributed by atoms with Gasteiger partial charge in [0, 0.05) is 21.4 Å². The van der Waals surface area contributed by atoms with Crippen molar-refractivity contribution >= 4 is 27.7 Å². The van der Waals surface area contributed by atoms with Crippen LogP contribution in [0.3, 0.4) is 0 Å². The molecule has 0 fully saturated rings. The van der Waals surface area contributed by atoms with Gasteiger partial charge in [0.15, 0.2) is 0 Å². The summed E-state index contributed by atoms with van der Waals surface area (Å²) in [5.74, 6) is 2.11. The lowest BCUT2D eigenvalue weighted by molar-refractivity contribution is 0.938. The second-order valence-corrected chi connectivity index (χ2v) is 7.87. The lowest BCUT2D eigenvalue weighted by Crippen LogP contribution is -2.21. The van der Waals surface area contributed by atoms with E-state index in [1.54, 1.807) is 11.8 Å². The molecule has 0 aliphatic carbocycles. The highest BCUT2D eigenvalue weighted by molar-refractivity contribution is 9.10. The van der Waals surface area contributed by atoms with Gasteiger partial charge in [-0.1, -0.05) is 36.4 Å². The molecule has 0 bridgehead atoms. The van der Waals surface area contributed by atoms with Gasteiger partial charge in [0.2, 0.25) is 0 Å². The molecule has 1 aliphatic heterocycles. The van der Waals surface area contributed by atoms with Crippen LogP contribution >= 0.6 is 27.7 Å². The van der Waals surface area contributed by atoms with E-state index < -0.39 is 0 Å². The number of halogens is 1. The smallest absolute Gasteiger partial charge is 0.255 e. The third-order valence-electron chi connectivity index (χ3n) is 4.42. The van der Waals surface area contributed by atoms with E-state index in [9.17, 15) is 10.1 Å². The molecule has 1 aromatic heterocycles. The molecule has 2 aromatic carbocycles. The average Bonchev–Trinajstić information content (AvgIpc) is 2.68. The summed E-state index contributed by atoms with van der Waals surface area (Å²) in [7, 11) is 0. The van der Waals surface area contributed by atoms with Crippen molar-refractivity contribution in [2.24, 2.45) is 0 Å². The van der Waals surface area contributed by atoms with Crippen LogP contribution < -0.4 is 5.56 Å². The van der Waals surface area contributed by atoms with Crippen LogP contribution in [0.2, 0.25) is 0 Å². The molecule has 4 rings (SSSR count). The molecule has 128 valence electrons. The number of nitriles is 1. The van der Waals surface area contributed by atoms with Crippen LogP contribution in [0.5, 0.6) is 0 Å². The van der Waals surface area contributed by atoms with E-state index in [4.69, 9.17) is 0 Å². The first-order valence-corrected chi connectivity index (χ1v) is 10.1. The van der Waals surface area contributed by atoms with E-state index in [0.717, 1.165) is 34.6 Å². The van der Waals surface area contributed by atoms with Crippen LogP contribution in [-0.4, -0.2) is 15.7 Å². The number of aromatic amines is 1. The first-order chi connectivity index (χ1) is 12.7. The first kappa shape index (κ1) is 17.1. The van der Waals surface area contributed by atoms with Gasteiger partial charge in [-0.05, 0) is 45.3 Å². The maximum Gasteiger partial charge on any atom is 0.255 e. The number of benzene rings is 2. The average molecular weight is 424 g/mol. The number of thioether (sulfide) groups is 1. The van der Waals surface area contributed by atoms with Gasteiger partial charge < -0.3 is 4.98 Å². The zero-order valence-electron chi connectivity index (χ0n) is 13.8. The number of nitrogens with one attached hydrogen (secondary N) is 1. The third kappa shape index (κ3) is 2.98. The van der Waals surface area contributed by atoms with Gasteiger partial charge in [-0.2, -0.15) is 17.0 Å². The Morgan fingerprint density at radius 1 is 1.15 bits per heavy atom. The number of hydrogen-bond acceptors (Lipinski definition) is 4. The molecule has 6 heteroatoms. The molecule has 0 saturated carbocycles. The van der Waals surface area contributed by atoms with Crippen molar-refractivity contribution in [3.63, 3.8) is 0 Å². The topological polar surface area (TPSA) is 69.5 Å². The fourth-order valence-electron chi connectivity index (χ4n) is 3.09. The highest BCUT2D eigenvalue weighted by Crippen LogP contribution is 2.36. The highest BCUT2D eigenvalue weighted by Gasteiger charge is 2.20. The van der Waals surface area contributed by atoms with Gasteiger partial charge in [-0.25, -0.2) is 4.98 Å². The molecule has 0 unspecified atom stereocenters. The van der Waals surface area contributed by atoms with E-state index in [-0.39, 0.29) is 5.56 Å². The molecule has 0 saturated heterocycles. The van der Waals surface area contributed by atoms with Gasteiger partial charge in [-0.15, -0.1) is 0 Å². The fourth-order valence-corrected chi connectivity index (χ4v) is 4.74. The Bertz CT molecular complexity index is 1090. The Morgan fingerprint density at radius 3 is 2.69 bits per heavy atom. The summed E-state index contributed by atoms with van der Waals surface area (Å²) in [6.45, 7) is 0. The minimum absolute atomic E-state index is 0.107. The van der Waals surface area contributed by atoms with Crippen molar-refractivity contribution in [2.45, 2.75) is 12.2 Å². The van der Waals surface area contributed by atoms with Crippen molar-refractivity contribution in [1.82, 2.24) is 9.97 Å². The lowest BCUT2D eigenvalue weighted by atomic mass is 9.99. The molecule has 3 aromatic rings. The maximum atomic E-state index is 12.4. The molecule has 1 aliphatic rings. The van der Waals surface area contributed by atoms with Crippen LogP contribution in [0.4, 0.5) is 0 Å². The number of fused-ring (bicyclic) bond motifs is 1. The summed E-state index contributed by atoms with van der Waals surface area (Å²) in [6, 6.07) is 15.9. The lowest BCUT2D eigenvalue weighted by Gasteiger charge is -2.16. The third-order valence-corrected chi connectivity index (χ3v) is 6.23. The van der Waals surface area contributed by atoms with Crippen molar-refractivity contribution < 1.29 is 0 Å². The molecular weight excluding hydrogens is 410 g/mol. The Morgan fingerprint density at radius 2 is 1.92 bits per heavy atom. The summed E-state index contributed by atoms with van der Waals surface area (Å²) in [5.41, 5.74) is 4.55. The van der Waals surface area contributed by atoms with Crippen molar-refractivity contribution in [3.8, 4) is 28.6 Å². The normalized spacial score (nSPS) is 13.1. The van der Waals surface area contributed by atoms with Crippen molar-refractivity contribution in [3.05, 3.63) is 74.1 Å². The van der Waals surface area contributed by atoms with Crippen molar-refractivity contribution in [1.29, 1.82) is 5.26 Å². The van der Waals surface area contributed by atoms with E-state index in [0.29, 0.717) is 27.2 Å². The summed E-state index contributed by atoms with van der Waals surface area (Å²) >= 11 is 5.32. The van der Waals surface area contributed by atoms with Gasteiger partial charge >= 0.3 is 0 Å². The van der Waals surface area contributed by atoms with Crippen LogP contribution in [0.1, 0.15) is 16.8 Å². The largest absolute Gasteiger partial charge is 0.306 e. The van der Waals surface area contributed by atoms with Crippen molar-refractivity contribution in [2.75, 3.05) is 5.75 Å². The fraction of sp³-hybridized carbons (Fsp3) is 0.150. The van der Waals surface area contributed by atoms with Gasteiger partial charge in [0.25, 0.3) is 5.56 Å². The van der Waals surface area contributed by atoms with Gasteiger partial charge in [-0.3, -0.25) is 4.79 Å². The number of hydrogen-bond donors (Lipinski definition) is 1. The second-order valence-electron chi connectivity index (χ2n) is 5.97. The SMILES string of the molecule is N#Cc1c(-c2nc3c(c(=O)[nH]2)CSCC3)ccc(-c2ccccc2)c1Br. The monoisotopic (exact) mass is 423 g/mol. The standard InChI is InChI=1S/C20H14BrN3OS/c21-18-13(12-4-2-1-3-5-12)6-7-14(15(18)10-22)19-23-17-8-9-26-11-16(17)20(25)24-19/h1-7H,8-9,11H2,(H,23,24,25).